The van der Waals surface area contributed by atoms with Crippen molar-refractivity contribution in [2.45, 2.75) is 19.0 Å². The molecule has 0 spiro atoms. The maximum Gasteiger partial charge on any atom is 0.247 e. The molecule has 0 heterocycles. The van der Waals surface area contributed by atoms with Gasteiger partial charge in [0.05, 0.1) is 5.92 Å². The maximum atomic E-state index is 11.5. The molecule has 0 bridgehead atoms. The highest BCUT2D eigenvalue weighted by Gasteiger charge is 2.45. The highest BCUT2D eigenvalue weighted by Crippen LogP contribution is 2.41. The largest absolute Gasteiger partial charge is 0.247 e. The van der Waals surface area contributed by atoms with Gasteiger partial charge in [-0.1, -0.05) is 0 Å². The minimum atomic E-state index is -2.52. The van der Waals surface area contributed by atoms with Crippen LogP contribution in [0.15, 0.2) is 0 Å². The van der Waals surface area contributed by atoms with Gasteiger partial charge >= 0.3 is 0 Å². The maximum absolute atomic E-state index is 11.5. The fourth-order valence-corrected chi connectivity index (χ4v) is 0.374. The van der Waals surface area contributed by atoms with E-state index in [0.717, 1.165) is 0 Å². The minimum absolute atomic E-state index is 0.0162. The lowest BCUT2D eigenvalue weighted by molar-refractivity contribution is 0.171. The van der Waals surface area contributed by atoms with Gasteiger partial charge < -0.3 is 0 Å². The molecule has 0 aliphatic heterocycles. The molecule has 1 saturated carbocycles. The second kappa shape index (κ2) is 1.39. The fraction of sp³-hybridized carbons (Fsp3) is 0.750. The Morgan fingerprint density at radius 3 is 2.00 bits per heavy atom. The molecule has 1 atom stereocenters. The van der Waals surface area contributed by atoms with Gasteiger partial charge in [0.25, 0.3) is 0 Å². The average molecular weight is 109 g/mol. The van der Waals surface area contributed by atoms with Crippen molar-refractivity contribution in [3.8, 4) is 0 Å². The van der Waals surface area contributed by atoms with Crippen molar-refractivity contribution in [3.05, 3.63) is 5.92 Å². The van der Waals surface area contributed by atoms with Crippen molar-refractivity contribution >= 4 is 0 Å². The Balaban J connectivity index is 2.20. The zero-order valence-corrected chi connectivity index (χ0v) is 3.50. The van der Waals surface area contributed by atoms with Crippen LogP contribution in [-0.2, 0) is 0 Å². The van der Waals surface area contributed by atoms with Gasteiger partial charge in [0.1, 0.15) is 6.17 Å². The number of alkyl halides is 3. The molecule has 7 heavy (non-hydrogen) atoms. The van der Waals surface area contributed by atoms with E-state index in [4.69, 9.17) is 0 Å². The van der Waals surface area contributed by atoms with Gasteiger partial charge in [-0.3, -0.25) is 0 Å². The first kappa shape index (κ1) is 4.94. The SMILES string of the molecule is FC(F)[C]1CC1F. The Bertz CT molecular complexity index is 71.3. The Hall–Kier alpha value is -0.210. The predicted molar refractivity (Wildman–Crippen MR) is 18.8 cm³/mol. The molecule has 0 aromatic rings. The van der Waals surface area contributed by atoms with Gasteiger partial charge in [-0.2, -0.15) is 0 Å². The molecule has 0 N–H and O–H groups in total. The lowest BCUT2D eigenvalue weighted by Gasteiger charge is -1.85. The Morgan fingerprint density at radius 1 is 1.57 bits per heavy atom. The minimum Gasteiger partial charge on any atom is -0.247 e. The molecular formula is C4H4F3. The third kappa shape index (κ3) is 0.868. The molecule has 1 unspecified atom stereocenters. The quantitative estimate of drug-likeness (QED) is 0.479. The topological polar surface area (TPSA) is 0 Å². The summed E-state index contributed by atoms with van der Waals surface area (Å²) >= 11 is 0. The molecule has 3 heteroatoms. The number of hydrogen-bond donors (Lipinski definition) is 0. The summed E-state index contributed by atoms with van der Waals surface area (Å²) in [7, 11) is 0. The number of rotatable bonds is 1. The first-order chi connectivity index (χ1) is 3.22. The van der Waals surface area contributed by atoms with E-state index in [-0.39, 0.29) is 12.3 Å². The van der Waals surface area contributed by atoms with Crippen molar-refractivity contribution in [2.75, 3.05) is 0 Å². The molecular weight excluding hydrogens is 105 g/mol. The van der Waals surface area contributed by atoms with E-state index in [2.05, 4.69) is 0 Å². The Morgan fingerprint density at radius 2 is 2.00 bits per heavy atom. The summed E-state index contributed by atoms with van der Waals surface area (Å²) in [5.41, 5.74) is 0. The molecule has 1 radical (unpaired) electrons. The zero-order valence-electron chi connectivity index (χ0n) is 3.50. The van der Waals surface area contributed by atoms with Crippen LogP contribution in [0, 0.1) is 5.92 Å². The molecule has 1 rings (SSSR count). The monoisotopic (exact) mass is 109 g/mol. The zero-order chi connectivity index (χ0) is 5.44. The molecule has 0 aromatic heterocycles. The van der Waals surface area contributed by atoms with Gasteiger partial charge in [-0.05, 0) is 6.42 Å². The summed E-state index contributed by atoms with van der Waals surface area (Å²) in [4.78, 5) is 0. The second-order valence-electron chi connectivity index (χ2n) is 1.55. The summed E-state index contributed by atoms with van der Waals surface area (Å²) in [5, 5.41) is 0. The first-order valence-electron chi connectivity index (χ1n) is 1.99. The summed E-state index contributed by atoms with van der Waals surface area (Å²) in [6.07, 6.45) is -3.83. The van der Waals surface area contributed by atoms with E-state index < -0.39 is 12.6 Å². The van der Waals surface area contributed by atoms with Crippen LogP contribution in [0.25, 0.3) is 0 Å². The van der Waals surface area contributed by atoms with Crippen molar-refractivity contribution < 1.29 is 13.2 Å². The van der Waals surface area contributed by atoms with Crippen LogP contribution >= 0.6 is 0 Å². The van der Waals surface area contributed by atoms with Crippen LogP contribution in [0.1, 0.15) is 6.42 Å². The molecule has 1 fully saturated rings. The molecule has 41 valence electrons. The van der Waals surface area contributed by atoms with Crippen LogP contribution < -0.4 is 0 Å². The van der Waals surface area contributed by atoms with Gasteiger partial charge in [0.2, 0.25) is 6.43 Å². The molecule has 0 amide bonds. The fourth-order valence-electron chi connectivity index (χ4n) is 0.374. The predicted octanol–water partition coefficient (Wildman–Crippen LogP) is 1.57. The van der Waals surface area contributed by atoms with E-state index >= 15 is 0 Å². The highest BCUT2D eigenvalue weighted by molar-refractivity contribution is 5.17. The van der Waals surface area contributed by atoms with Crippen LogP contribution in [0.3, 0.4) is 0 Å². The van der Waals surface area contributed by atoms with E-state index in [9.17, 15) is 13.2 Å². The van der Waals surface area contributed by atoms with Crippen molar-refractivity contribution in [2.24, 2.45) is 0 Å². The Kier molecular flexibility index (Phi) is 0.978. The standard InChI is InChI=1S/C4H4F3/c5-3-1-2(3)4(6)7/h3-4H,1H2. The highest BCUT2D eigenvalue weighted by atomic mass is 19.3. The smallest absolute Gasteiger partial charge is 0.247 e. The van der Waals surface area contributed by atoms with Crippen LogP contribution in [0.4, 0.5) is 13.2 Å². The number of halogens is 3. The van der Waals surface area contributed by atoms with Crippen LogP contribution in [-0.4, -0.2) is 12.6 Å². The molecule has 1 aliphatic carbocycles. The van der Waals surface area contributed by atoms with E-state index in [1.807, 2.05) is 0 Å². The van der Waals surface area contributed by atoms with Crippen molar-refractivity contribution in [1.29, 1.82) is 0 Å². The van der Waals surface area contributed by atoms with Crippen LogP contribution in [0.2, 0.25) is 0 Å². The van der Waals surface area contributed by atoms with E-state index in [0.29, 0.717) is 0 Å². The summed E-state index contributed by atoms with van der Waals surface area (Å²) in [6, 6.07) is 0. The summed E-state index contributed by atoms with van der Waals surface area (Å²) in [6.45, 7) is 0. The van der Waals surface area contributed by atoms with Gasteiger partial charge in [0, 0.05) is 0 Å². The third-order valence-electron chi connectivity index (χ3n) is 0.937. The Labute approximate surface area is 39.3 Å². The number of hydrogen-bond acceptors (Lipinski definition) is 0. The van der Waals surface area contributed by atoms with Gasteiger partial charge in [0.15, 0.2) is 0 Å². The second-order valence-corrected chi connectivity index (χ2v) is 1.55. The molecule has 0 nitrogen and oxygen atoms in total. The van der Waals surface area contributed by atoms with Crippen molar-refractivity contribution in [3.63, 3.8) is 0 Å². The van der Waals surface area contributed by atoms with E-state index in [1.54, 1.807) is 0 Å². The molecule has 0 saturated heterocycles. The lowest BCUT2D eigenvalue weighted by atomic mass is 10.5. The molecule has 0 aromatic carbocycles. The van der Waals surface area contributed by atoms with E-state index in [1.165, 1.54) is 0 Å². The average Bonchev–Trinajstić information content (AvgIpc) is 2.17. The first-order valence-corrected chi connectivity index (χ1v) is 1.99. The normalized spacial score (nSPS) is 31.7. The van der Waals surface area contributed by atoms with Gasteiger partial charge in [-0.15, -0.1) is 0 Å². The lowest BCUT2D eigenvalue weighted by Crippen LogP contribution is -1.91. The summed E-state index contributed by atoms with van der Waals surface area (Å²) < 4.78 is 33.9. The summed E-state index contributed by atoms with van der Waals surface area (Å²) in [5.74, 6) is -0.236. The molecule has 1 aliphatic rings. The third-order valence-corrected chi connectivity index (χ3v) is 0.937. The van der Waals surface area contributed by atoms with Gasteiger partial charge in [-0.25, -0.2) is 13.2 Å². The van der Waals surface area contributed by atoms with Crippen LogP contribution in [0.5, 0.6) is 0 Å². The van der Waals surface area contributed by atoms with Crippen molar-refractivity contribution in [1.82, 2.24) is 0 Å².